The van der Waals surface area contributed by atoms with Crippen molar-refractivity contribution in [1.82, 2.24) is 0 Å². The molecule has 0 aliphatic carbocycles. The summed E-state index contributed by atoms with van der Waals surface area (Å²) >= 11 is 1.62. The Balaban J connectivity index is 2.30. The molecule has 0 radical (unpaired) electrons. The van der Waals surface area contributed by atoms with Crippen molar-refractivity contribution in [3.05, 3.63) is 46.2 Å². The maximum Gasteiger partial charge on any atom is 0.128 e. The van der Waals surface area contributed by atoms with Crippen LogP contribution >= 0.6 is 11.3 Å². The van der Waals surface area contributed by atoms with Gasteiger partial charge in [-0.25, -0.2) is 0 Å². The molecule has 0 aliphatic heterocycles. The number of rotatable bonds is 5. The molecular weight excluding hydrogens is 248 g/mol. The summed E-state index contributed by atoms with van der Waals surface area (Å²) < 4.78 is 10.6. The lowest BCUT2D eigenvalue weighted by Crippen LogP contribution is -2.06. The van der Waals surface area contributed by atoms with Gasteiger partial charge < -0.3 is 14.6 Å². The molecule has 0 fully saturated rings. The first kappa shape index (κ1) is 12.9. The number of methoxy groups -OCH3 is 2. The number of hydrogen-bond donors (Lipinski definition) is 1. The standard InChI is InChI=1S/C14H16O3S/c1-16-12-4-3-5-13(17-2)14(12)11(15)8-10-6-7-18-9-10/h3-7,9,11,15H,8H2,1-2H3. The molecule has 0 spiro atoms. The van der Waals surface area contributed by atoms with Gasteiger partial charge in [0.15, 0.2) is 0 Å². The summed E-state index contributed by atoms with van der Waals surface area (Å²) in [5.41, 5.74) is 1.81. The van der Waals surface area contributed by atoms with Crippen molar-refractivity contribution in [3.63, 3.8) is 0 Å². The van der Waals surface area contributed by atoms with Gasteiger partial charge in [-0.05, 0) is 34.5 Å². The number of aliphatic hydroxyl groups excluding tert-OH is 1. The Morgan fingerprint density at radius 2 is 1.83 bits per heavy atom. The Kier molecular flexibility index (Phi) is 4.23. The predicted octanol–water partition coefficient (Wildman–Crippen LogP) is 3.04. The maximum atomic E-state index is 10.4. The molecule has 0 saturated carbocycles. The Morgan fingerprint density at radius 3 is 2.33 bits per heavy atom. The van der Waals surface area contributed by atoms with Crippen molar-refractivity contribution in [3.8, 4) is 11.5 Å². The molecule has 3 nitrogen and oxygen atoms in total. The normalized spacial score (nSPS) is 12.2. The second-order valence-corrected chi connectivity index (χ2v) is 4.71. The second kappa shape index (κ2) is 5.89. The van der Waals surface area contributed by atoms with Gasteiger partial charge in [-0.15, -0.1) is 0 Å². The Morgan fingerprint density at radius 1 is 1.17 bits per heavy atom. The molecule has 1 unspecified atom stereocenters. The Hall–Kier alpha value is -1.52. The van der Waals surface area contributed by atoms with E-state index in [2.05, 4.69) is 0 Å². The van der Waals surface area contributed by atoms with Gasteiger partial charge in [0.25, 0.3) is 0 Å². The fourth-order valence-corrected chi connectivity index (χ4v) is 2.62. The summed E-state index contributed by atoms with van der Waals surface area (Å²) in [5, 5.41) is 14.4. The molecule has 0 amide bonds. The van der Waals surface area contributed by atoms with Crippen molar-refractivity contribution in [1.29, 1.82) is 0 Å². The summed E-state index contributed by atoms with van der Waals surface area (Å²) in [5.74, 6) is 1.30. The maximum absolute atomic E-state index is 10.4. The molecule has 1 heterocycles. The highest BCUT2D eigenvalue weighted by atomic mass is 32.1. The minimum atomic E-state index is -0.634. The summed E-state index contributed by atoms with van der Waals surface area (Å²) in [6.07, 6.45) is -0.0778. The zero-order valence-corrected chi connectivity index (χ0v) is 11.2. The number of benzene rings is 1. The van der Waals surface area contributed by atoms with Crippen LogP contribution < -0.4 is 9.47 Å². The van der Waals surface area contributed by atoms with E-state index in [9.17, 15) is 5.11 Å². The van der Waals surface area contributed by atoms with Crippen LogP contribution in [0.3, 0.4) is 0 Å². The minimum Gasteiger partial charge on any atom is -0.496 e. The number of thiophene rings is 1. The molecule has 0 aliphatic rings. The molecule has 96 valence electrons. The third kappa shape index (κ3) is 2.66. The third-order valence-corrected chi connectivity index (χ3v) is 3.54. The predicted molar refractivity (Wildman–Crippen MR) is 72.5 cm³/mol. The van der Waals surface area contributed by atoms with Gasteiger partial charge in [0.05, 0.1) is 25.9 Å². The molecule has 1 atom stereocenters. The van der Waals surface area contributed by atoms with Crippen molar-refractivity contribution in [2.24, 2.45) is 0 Å². The van der Waals surface area contributed by atoms with Crippen LogP contribution in [0.4, 0.5) is 0 Å². The van der Waals surface area contributed by atoms with E-state index in [0.717, 1.165) is 5.56 Å². The van der Waals surface area contributed by atoms with Crippen LogP contribution in [-0.4, -0.2) is 19.3 Å². The first-order chi connectivity index (χ1) is 8.76. The van der Waals surface area contributed by atoms with Crippen molar-refractivity contribution in [2.75, 3.05) is 14.2 Å². The number of aliphatic hydroxyl groups is 1. The van der Waals surface area contributed by atoms with Gasteiger partial charge in [0.2, 0.25) is 0 Å². The molecule has 1 aromatic carbocycles. The lowest BCUT2D eigenvalue weighted by Gasteiger charge is -2.17. The monoisotopic (exact) mass is 264 g/mol. The highest BCUT2D eigenvalue weighted by molar-refractivity contribution is 7.07. The fourth-order valence-electron chi connectivity index (χ4n) is 1.94. The number of hydrogen-bond acceptors (Lipinski definition) is 4. The summed E-state index contributed by atoms with van der Waals surface area (Å²) in [4.78, 5) is 0. The average Bonchev–Trinajstić information content (AvgIpc) is 2.90. The lowest BCUT2D eigenvalue weighted by molar-refractivity contribution is 0.169. The molecular formula is C14H16O3S. The van der Waals surface area contributed by atoms with E-state index in [1.165, 1.54) is 0 Å². The molecule has 2 aromatic rings. The molecule has 0 bridgehead atoms. The SMILES string of the molecule is COc1cccc(OC)c1C(O)Cc1ccsc1. The van der Waals surface area contributed by atoms with E-state index in [1.807, 2.05) is 35.0 Å². The highest BCUT2D eigenvalue weighted by Gasteiger charge is 2.19. The van der Waals surface area contributed by atoms with Crippen molar-refractivity contribution in [2.45, 2.75) is 12.5 Å². The van der Waals surface area contributed by atoms with E-state index in [1.54, 1.807) is 25.6 Å². The topological polar surface area (TPSA) is 38.7 Å². The minimum absolute atomic E-state index is 0.556. The van der Waals surface area contributed by atoms with Crippen molar-refractivity contribution >= 4 is 11.3 Å². The molecule has 4 heteroatoms. The van der Waals surface area contributed by atoms with Crippen LogP contribution in [0, 0.1) is 0 Å². The van der Waals surface area contributed by atoms with Crippen LogP contribution in [0.1, 0.15) is 17.2 Å². The summed E-state index contributed by atoms with van der Waals surface area (Å²) in [6.45, 7) is 0. The van der Waals surface area contributed by atoms with Gasteiger partial charge in [0, 0.05) is 6.42 Å². The summed E-state index contributed by atoms with van der Waals surface area (Å²) in [6, 6.07) is 7.51. The van der Waals surface area contributed by atoms with E-state index in [4.69, 9.17) is 9.47 Å². The summed E-state index contributed by atoms with van der Waals surface area (Å²) in [7, 11) is 3.19. The number of ether oxygens (including phenoxy) is 2. The van der Waals surface area contributed by atoms with Gasteiger partial charge >= 0.3 is 0 Å². The van der Waals surface area contributed by atoms with Crippen LogP contribution in [0.5, 0.6) is 11.5 Å². The highest BCUT2D eigenvalue weighted by Crippen LogP contribution is 2.35. The zero-order valence-electron chi connectivity index (χ0n) is 10.4. The molecule has 1 N–H and O–H groups in total. The van der Waals surface area contributed by atoms with E-state index in [0.29, 0.717) is 23.5 Å². The van der Waals surface area contributed by atoms with E-state index >= 15 is 0 Å². The van der Waals surface area contributed by atoms with E-state index < -0.39 is 6.10 Å². The van der Waals surface area contributed by atoms with Crippen molar-refractivity contribution < 1.29 is 14.6 Å². The van der Waals surface area contributed by atoms with Crippen LogP contribution in [0.15, 0.2) is 35.0 Å². The van der Waals surface area contributed by atoms with Crippen LogP contribution in [0.25, 0.3) is 0 Å². The average molecular weight is 264 g/mol. The Bertz CT molecular complexity index is 471. The third-order valence-electron chi connectivity index (χ3n) is 2.81. The zero-order chi connectivity index (χ0) is 13.0. The lowest BCUT2D eigenvalue weighted by atomic mass is 10.0. The first-order valence-electron chi connectivity index (χ1n) is 5.66. The van der Waals surface area contributed by atoms with E-state index in [-0.39, 0.29) is 0 Å². The second-order valence-electron chi connectivity index (χ2n) is 3.93. The molecule has 1 aromatic heterocycles. The van der Waals surface area contributed by atoms with Crippen LogP contribution in [-0.2, 0) is 6.42 Å². The quantitative estimate of drug-likeness (QED) is 0.902. The van der Waals surface area contributed by atoms with Gasteiger partial charge in [-0.3, -0.25) is 0 Å². The van der Waals surface area contributed by atoms with Gasteiger partial charge in [0.1, 0.15) is 11.5 Å². The fraction of sp³-hybridized carbons (Fsp3) is 0.286. The smallest absolute Gasteiger partial charge is 0.128 e. The molecule has 0 saturated heterocycles. The van der Waals surface area contributed by atoms with Crippen LogP contribution in [0.2, 0.25) is 0 Å². The first-order valence-corrected chi connectivity index (χ1v) is 6.60. The Labute approximate surface area is 111 Å². The van der Waals surface area contributed by atoms with Gasteiger partial charge in [-0.1, -0.05) is 6.07 Å². The molecule has 2 rings (SSSR count). The van der Waals surface area contributed by atoms with Gasteiger partial charge in [-0.2, -0.15) is 11.3 Å². The molecule has 18 heavy (non-hydrogen) atoms. The largest absolute Gasteiger partial charge is 0.496 e.